The lowest BCUT2D eigenvalue weighted by atomic mass is 9.91. The van der Waals surface area contributed by atoms with Crippen LogP contribution in [0.3, 0.4) is 0 Å². The number of nitrogens with one attached hydrogen (secondary N) is 2. The van der Waals surface area contributed by atoms with Crippen LogP contribution in [0.1, 0.15) is 91.6 Å². The molecule has 0 saturated carbocycles. The van der Waals surface area contributed by atoms with Gasteiger partial charge in [0.15, 0.2) is 19.0 Å². The minimum atomic E-state index is -0.893. The number of hydrogen-bond donors (Lipinski definition) is 2. The van der Waals surface area contributed by atoms with E-state index >= 15 is 0 Å². The summed E-state index contributed by atoms with van der Waals surface area (Å²) in [5, 5.41) is 5.07. The summed E-state index contributed by atoms with van der Waals surface area (Å²) in [5.41, 5.74) is 4.40. The summed E-state index contributed by atoms with van der Waals surface area (Å²) in [5.74, 6) is -3.51. The van der Waals surface area contributed by atoms with Crippen LogP contribution in [0.25, 0.3) is 11.1 Å². The third-order valence-corrected chi connectivity index (χ3v) is 11.2. The Bertz CT molecular complexity index is 1940. The Hall–Kier alpha value is -5.80. The second kappa shape index (κ2) is 19.8. The van der Waals surface area contributed by atoms with Crippen molar-refractivity contribution in [1.82, 2.24) is 20.4 Å². The number of ketones is 2. The van der Waals surface area contributed by atoms with Gasteiger partial charge in [0, 0.05) is 24.2 Å². The molecule has 0 aromatic heterocycles. The molecule has 0 radical (unpaired) electrons. The van der Waals surface area contributed by atoms with Crippen LogP contribution in [-0.4, -0.2) is 122 Å². The second-order valence-corrected chi connectivity index (χ2v) is 15.7. The Morgan fingerprint density at radius 2 is 1.10 bits per heavy atom. The molecule has 2 aliphatic heterocycles. The molecule has 59 heavy (non-hydrogen) atoms. The highest BCUT2D eigenvalue weighted by Gasteiger charge is 2.41. The first-order valence-electron chi connectivity index (χ1n) is 20.1. The molecule has 4 atom stereocenters. The maximum atomic E-state index is 13.5. The molecule has 2 heterocycles. The van der Waals surface area contributed by atoms with Crippen LogP contribution in [-0.2, 0) is 51.0 Å². The lowest BCUT2D eigenvalue weighted by Gasteiger charge is -2.29. The molecule has 16 nitrogen and oxygen atoms in total. The van der Waals surface area contributed by atoms with Crippen LogP contribution in [0.15, 0.2) is 36.4 Å². The SMILES string of the molecule is COC(=O)NC(C(=O)N1CCCC1C(=O)OCC(=O)c1ccc(-c2ccc(C(=O)COC(=O)C3CCCN3C(=O)C(NC(=O)OC)C(C)C)c3c2CCC3)cc1)C(C)C. The van der Waals surface area contributed by atoms with Gasteiger partial charge in [-0.3, -0.25) is 19.2 Å². The first kappa shape index (κ1) is 44.3. The fourth-order valence-corrected chi connectivity index (χ4v) is 8.01. The van der Waals surface area contributed by atoms with Crippen molar-refractivity contribution in [3.8, 4) is 11.1 Å². The van der Waals surface area contributed by atoms with Crippen LogP contribution >= 0.6 is 0 Å². The first-order chi connectivity index (χ1) is 28.2. The number of Topliss-reactive ketones (excluding diaryl/α,β-unsaturated/α-hetero) is 2. The molecule has 2 aromatic carbocycles. The zero-order chi connectivity index (χ0) is 43.0. The fourth-order valence-electron chi connectivity index (χ4n) is 8.01. The summed E-state index contributed by atoms with van der Waals surface area (Å²) < 4.78 is 20.2. The van der Waals surface area contributed by atoms with E-state index in [0.717, 1.165) is 35.1 Å². The Labute approximate surface area is 343 Å². The molecule has 1 aliphatic carbocycles. The lowest BCUT2D eigenvalue weighted by molar-refractivity contribution is -0.153. The molecule has 4 amide bonds. The minimum Gasteiger partial charge on any atom is -0.456 e. The Balaban J connectivity index is 1.18. The number of benzene rings is 2. The Kier molecular flexibility index (Phi) is 14.8. The molecular formula is C43H54N4O12. The number of carbonyl (C=O) groups excluding carboxylic acids is 8. The predicted octanol–water partition coefficient (Wildman–Crippen LogP) is 4.04. The molecule has 0 bridgehead atoms. The molecule has 16 heteroatoms. The number of ether oxygens (including phenoxy) is 4. The highest BCUT2D eigenvalue weighted by Crippen LogP contribution is 2.35. The summed E-state index contributed by atoms with van der Waals surface area (Å²) in [6.07, 6.45) is 2.61. The van der Waals surface area contributed by atoms with Gasteiger partial charge >= 0.3 is 24.1 Å². The van der Waals surface area contributed by atoms with Crippen molar-refractivity contribution in [2.45, 2.75) is 96.8 Å². The van der Waals surface area contributed by atoms with E-state index in [4.69, 9.17) is 9.47 Å². The van der Waals surface area contributed by atoms with Crippen LogP contribution < -0.4 is 10.6 Å². The van der Waals surface area contributed by atoms with Gasteiger partial charge in [-0.2, -0.15) is 0 Å². The van der Waals surface area contributed by atoms with Gasteiger partial charge in [0.05, 0.1) is 14.2 Å². The van der Waals surface area contributed by atoms with Gasteiger partial charge in [0.2, 0.25) is 17.6 Å². The number of nitrogens with zero attached hydrogens (tertiary/aromatic N) is 2. The summed E-state index contributed by atoms with van der Waals surface area (Å²) in [7, 11) is 2.41. The number of alkyl carbamates (subject to hydrolysis) is 2. The van der Waals surface area contributed by atoms with Gasteiger partial charge in [-0.1, -0.05) is 64.1 Å². The predicted molar refractivity (Wildman–Crippen MR) is 212 cm³/mol. The molecule has 0 spiro atoms. The Morgan fingerprint density at radius 1 is 0.627 bits per heavy atom. The van der Waals surface area contributed by atoms with Gasteiger partial charge in [0.25, 0.3) is 0 Å². The number of rotatable bonds is 15. The number of hydrogen-bond acceptors (Lipinski definition) is 12. The molecule has 318 valence electrons. The molecule has 3 aliphatic rings. The van der Waals surface area contributed by atoms with E-state index in [9.17, 15) is 38.4 Å². The quantitative estimate of drug-likeness (QED) is 0.149. The van der Waals surface area contributed by atoms with Crippen LogP contribution in [0, 0.1) is 11.8 Å². The van der Waals surface area contributed by atoms with Crippen molar-refractivity contribution in [3.63, 3.8) is 0 Å². The standard InChI is InChI=1S/C43H54N4O12/c1-24(2)36(44-42(54)56-5)38(50)46-20-8-12-32(46)40(52)58-22-34(48)27-16-14-26(15-17-27)28-18-19-31(30-11-7-10-29(28)30)35(49)23-59-41(53)33-13-9-21-47(33)39(51)37(25(3)4)45-43(55)57-6/h14-19,24-25,32-33,36-37H,7-13,20-23H2,1-6H3,(H,44,54)(H,45,55). The largest absolute Gasteiger partial charge is 0.456 e. The fraction of sp³-hybridized carbons (Fsp3) is 0.535. The summed E-state index contributed by atoms with van der Waals surface area (Å²) in [6.45, 7) is 6.73. The number of esters is 2. The molecule has 2 N–H and O–H groups in total. The molecular weight excluding hydrogens is 764 g/mol. The van der Waals surface area contributed by atoms with Gasteiger partial charge in [0.1, 0.15) is 24.2 Å². The number of fused-ring (bicyclic) bond motifs is 1. The highest BCUT2D eigenvalue weighted by atomic mass is 16.6. The monoisotopic (exact) mass is 818 g/mol. The molecule has 2 aromatic rings. The number of amides is 4. The topological polar surface area (TPSA) is 204 Å². The number of likely N-dealkylation sites (tertiary alicyclic amines) is 2. The van der Waals surface area contributed by atoms with E-state index in [1.807, 2.05) is 6.07 Å². The number of carbonyl (C=O) groups is 8. The van der Waals surface area contributed by atoms with Crippen molar-refractivity contribution in [2.75, 3.05) is 40.5 Å². The minimum absolute atomic E-state index is 0.263. The van der Waals surface area contributed by atoms with Crippen LogP contribution in [0.5, 0.6) is 0 Å². The van der Waals surface area contributed by atoms with E-state index in [-0.39, 0.29) is 17.6 Å². The van der Waals surface area contributed by atoms with Crippen molar-refractivity contribution in [1.29, 1.82) is 0 Å². The molecule has 2 saturated heterocycles. The summed E-state index contributed by atoms with van der Waals surface area (Å²) >= 11 is 0. The normalized spacial score (nSPS) is 18.2. The molecule has 5 rings (SSSR count). The molecule has 4 unspecified atom stereocenters. The highest BCUT2D eigenvalue weighted by molar-refractivity contribution is 6.02. The van der Waals surface area contributed by atoms with Crippen molar-refractivity contribution < 1.29 is 57.3 Å². The summed E-state index contributed by atoms with van der Waals surface area (Å²) in [4.78, 5) is 106. The third kappa shape index (κ3) is 10.3. The van der Waals surface area contributed by atoms with Crippen LogP contribution in [0.2, 0.25) is 0 Å². The van der Waals surface area contributed by atoms with Crippen LogP contribution in [0.4, 0.5) is 9.59 Å². The van der Waals surface area contributed by atoms with Crippen molar-refractivity contribution in [3.05, 3.63) is 58.7 Å². The zero-order valence-corrected chi connectivity index (χ0v) is 34.5. The number of methoxy groups -OCH3 is 2. The Morgan fingerprint density at radius 3 is 1.58 bits per heavy atom. The first-order valence-corrected chi connectivity index (χ1v) is 20.1. The van der Waals surface area contributed by atoms with Gasteiger partial charge in [-0.15, -0.1) is 0 Å². The average Bonchev–Trinajstić information content (AvgIpc) is 4.04. The van der Waals surface area contributed by atoms with E-state index in [1.165, 1.54) is 24.0 Å². The van der Waals surface area contributed by atoms with E-state index in [2.05, 4.69) is 20.1 Å². The van der Waals surface area contributed by atoms with Crippen molar-refractivity contribution in [2.24, 2.45) is 11.8 Å². The zero-order valence-electron chi connectivity index (χ0n) is 34.5. The van der Waals surface area contributed by atoms with E-state index in [1.54, 1.807) is 58.0 Å². The third-order valence-electron chi connectivity index (χ3n) is 11.2. The average molecular weight is 819 g/mol. The smallest absolute Gasteiger partial charge is 0.407 e. The van der Waals surface area contributed by atoms with Gasteiger partial charge < -0.3 is 39.4 Å². The lowest BCUT2D eigenvalue weighted by Crippen LogP contribution is -2.54. The molecule has 2 fully saturated rings. The maximum Gasteiger partial charge on any atom is 0.407 e. The maximum absolute atomic E-state index is 13.5. The van der Waals surface area contributed by atoms with E-state index in [0.29, 0.717) is 56.3 Å². The van der Waals surface area contributed by atoms with Gasteiger partial charge in [-0.05, 0) is 79.0 Å². The summed E-state index contributed by atoms with van der Waals surface area (Å²) in [6, 6.07) is 6.91. The van der Waals surface area contributed by atoms with Gasteiger partial charge in [-0.25, -0.2) is 19.2 Å². The van der Waals surface area contributed by atoms with E-state index < -0.39 is 79.1 Å². The van der Waals surface area contributed by atoms with Crippen molar-refractivity contribution >= 4 is 47.5 Å². The second-order valence-electron chi connectivity index (χ2n) is 15.7.